The molecule has 0 radical (unpaired) electrons. The van der Waals surface area contributed by atoms with Crippen LogP contribution in [0.25, 0.3) is 0 Å². The van der Waals surface area contributed by atoms with Crippen LogP contribution in [-0.4, -0.2) is 17.7 Å². The summed E-state index contributed by atoms with van der Waals surface area (Å²) in [5.74, 6) is -0.659. The summed E-state index contributed by atoms with van der Waals surface area (Å²) in [4.78, 5) is 10.2. The minimum absolute atomic E-state index is 0. The number of hydrogen-bond donors (Lipinski definition) is 1. The van der Waals surface area contributed by atoms with Crippen LogP contribution in [0.1, 0.15) is 78.1 Å². The summed E-state index contributed by atoms with van der Waals surface area (Å²) >= 11 is 0. The Bertz CT molecular complexity index is 152. The number of carboxylic acids is 1. The molecule has 0 atom stereocenters. The van der Waals surface area contributed by atoms with Crippen LogP contribution in [0.4, 0.5) is 0 Å². The number of unbranched alkanes of at least 4 members (excludes halogenated alkanes) is 8. The molecule has 1 N–H and O–H groups in total. The monoisotopic (exact) mass is 268 g/mol. The van der Waals surface area contributed by atoms with Gasteiger partial charge >= 0.3 is 35.5 Å². The molecule has 0 unspecified atom stereocenters. The maximum absolute atomic E-state index is 10.2. The molecule has 0 heterocycles. The second-order valence-corrected chi connectivity index (χ2v) is 4.26. The van der Waals surface area contributed by atoms with E-state index >= 15 is 0 Å². The second-order valence-electron chi connectivity index (χ2n) is 4.26. The molecule has 0 amide bonds. The van der Waals surface area contributed by atoms with Crippen LogP contribution in [0, 0.1) is 0 Å². The van der Waals surface area contributed by atoms with Gasteiger partial charge in [-0.15, -0.1) is 6.61 Å². The van der Waals surface area contributed by atoms with Gasteiger partial charge in [-0.3, -0.25) is 4.79 Å². The predicted molar refractivity (Wildman–Crippen MR) is 70.0 cm³/mol. The van der Waals surface area contributed by atoms with Gasteiger partial charge in [-0.25, -0.2) is 0 Å². The molecule has 0 aliphatic rings. The molecule has 0 aliphatic heterocycles. The number of carboxylic acid groups (broad SMARTS) is 1. The third-order valence-electron chi connectivity index (χ3n) is 2.49. The van der Waals surface area contributed by atoms with E-state index in [9.17, 15) is 4.79 Å². The summed E-state index contributed by atoms with van der Waals surface area (Å²) in [6, 6.07) is 0. The van der Waals surface area contributed by atoms with Crippen LogP contribution < -0.4 is 34.7 Å². The first-order valence-corrected chi connectivity index (χ1v) is 6.98. The van der Waals surface area contributed by atoms with Crippen LogP contribution in [0.2, 0.25) is 0 Å². The summed E-state index contributed by atoms with van der Waals surface area (Å²) in [5.41, 5.74) is 0. The molecule has 0 spiro atoms. The molecular formula is C14H29NaO3. The average Bonchev–Trinajstić information content (AvgIpc) is 2.27. The summed E-state index contributed by atoms with van der Waals surface area (Å²) in [7, 11) is 0. The second kappa shape index (κ2) is 22.6. The molecule has 3 nitrogen and oxygen atoms in total. The third kappa shape index (κ3) is 29.9. The fraction of sp³-hybridized carbons (Fsp3) is 0.929. The molecule has 0 bridgehead atoms. The van der Waals surface area contributed by atoms with Crippen molar-refractivity contribution in [2.45, 2.75) is 78.1 Å². The fourth-order valence-corrected chi connectivity index (χ4v) is 1.59. The quantitative estimate of drug-likeness (QED) is 0.460. The molecular weight excluding hydrogens is 239 g/mol. The first-order valence-electron chi connectivity index (χ1n) is 6.98. The third-order valence-corrected chi connectivity index (χ3v) is 2.49. The van der Waals surface area contributed by atoms with E-state index in [0.717, 1.165) is 12.8 Å². The Hall–Kier alpha value is 0.430. The van der Waals surface area contributed by atoms with E-state index in [4.69, 9.17) is 10.2 Å². The zero-order valence-corrected chi connectivity index (χ0v) is 14.5. The number of rotatable bonds is 10. The van der Waals surface area contributed by atoms with E-state index < -0.39 is 5.97 Å². The van der Waals surface area contributed by atoms with E-state index in [-0.39, 0.29) is 36.2 Å². The van der Waals surface area contributed by atoms with E-state index in [1.807, 2.05) is 0 Å². The number of aliphatic carboxylic acids is 1. The molecule has 0 rings (SSSR count). The van der Waals surface area contributed by atoms with Crippen LogP contribution >= 0.6 is 0 Å². The van der Waals surface area contributed by atoms with Gasteiger partial charge in [-0.2, -0.15) is 0 Å². The van der Waals surface area contributed by atoms with Gasteiger partial charge in [0.2, 0.25) is 0 Å². The van der Waals surface area contributed by atoms with Crippen LogP contribution in [0.3, 0.4) is 0 Å². The van der Waals surface area contributed by atoms with Gasteiger partial charge in [0, 0.05) is 6.42 Å². The van der Waals surface area contributed by atoms with Crippen molar-refractivity contribution >= 4 is 5.97 Å². The van der Waals surface area contributed by atoms with Crippen LogP contribution in [-0.2, 0) is 4.79 Å². The minimum atomic E-state index is -0.659. The normalized spacial score (nSPS) is 9.06. The number of hydrogen-bond acceptors (Lipinski definition) is 2. The first-order chi connectivity index (χ1) is 8.18. The fourth-order valence-electron chi connectivity index (χ4n) is 1.59. The van der Waals surface area contributed by atoms with Crippen molar-refractivity contribution in [1.82, 2.24) is 0 Å². The van der Waals surface area contributed by atoms with Crippen molar-refractivity contribution < 1.29 is 44.6 Å². The maximum atomic E-state index is 10.2. The van der Waals surface area contributed by atoms with Crippen molar-refractivity contribution in [2.75, 3.05) is 6.61 Å². The largest absolute Gasteiger partial charge is 1.00 e. The van der Waals surface area contributed by atoms with Crippen LogP contribution in [0.5, 0.6) is 0 Å². The number of carbonyl (C=O) groups is 1. The van der Waals surface area contributed by atoms with Crippen molar-refractivity contribution in [2.24, 2.45) is 0 Å². The van der Waals surface area contributed by atoms with Gasteiger partial charge in [0.25, 0.3) is 0 Å². The summed E-state index contributed by atoms with van der Waals surface area (Å²) < 4.78 is 0. The van der Waals surface area contributed by atoms with E-state index in [0.29, 0.717) is 6.42 Å². The average molecular weight is 268 g/mol. The van der Waals surface area contributed by atoms with E-state index in [1.165, 1.54) is 44.9 Å². The van der Waals surface area contributed by atoms with Gasteiger partial charge in [0.1, 0.15) is 0 Å². The molecule has 0 aliphatic carbocycles. The Morgan fingerprint density at radius 3 is 1.56 bits per heavy atom. The molecule has 0 fully saturated rings. The SMILES string of the molecule is CCCCCCCCCCCC(=O)O.CC[O-].[Na+]. The summed E-state index contributed by atoms with van der Waals surface area (Å²) in [5, 5.41) is 17.3. The summed E-state index contributed by atoms with van der Waals surface area (Å²) in [6.45, 7) is 3.80. The van der Waals surface area contributed by atoms with Crippen molar-refractivity contribution in [3.63, 3.8) is 0 Å². The van der Waals surface area contributed by atoms with Crippen LogP contribution in [0.15, 0.2) is 0 Å². The van der Waals surface area contributed by atoms with E-state index in [2.05, 4.69) is 6.92 Å². The Morgan fingerprint density at radius 1 is 0.889 bits per heavy atom. The first kappa shape index (κ1) is 23.5. The molecule has 4 heteroatoms. The van der Waals surface area contributed by atoms with Gasteiger partial charge in [0.15, 0.2) is 0 Å². The van der Waals surface area contributed by atoms with Crippen molar-refractivity contribution in [3.05, 3.63) is 0 Å². The molecule has 18 heavy (non-hydrogen) atoms. The smallest absolute Gasteiger partial charge is 0.855 e. The minimum Gasteiger partial charge on any atom is -0.855 e. The maximum Gasteiger partial charge on any atom is 1.00 e. The van der Waals surface area contributed by atoms with Gasteiger partial charge in [0.05, 0.1) is 0 Å². The van der Waals surface area contributed by atoms with Gasteiger partial charge in [-0.1, -0.05) is 65.2 Å². The summed E-state index contributed by atoms with van der Waals surface area (Å²) in [6.07, 6.45) is 11.5. The molecule has 0 saturated heterocycles. The topological polar surface area (TPSA) is 60.4 Å². The molecule has 0 saturated carbocycles. The van der Waals surface area contributed by atoms with Crippen molar-refractivity contribution in [1.29, 1.82) is 0 Å². The molecule has 104 valence electrons. The molecule has 0 aromatic carbocycles. The Labute approximate surface area is 135 Å². The van der Waals surface area contributed by atoms with Crippen molar-refractivity contribution in [3.8, 4) is 0 Å². The zero-order chi connectivity index (χ0) is 13.4. The van der Waals surface area contributed by atoms with E-state index in [1.54, 1.807) is 6.92 Å². The Kier molecular flexibility index (Phi) is 29.5. The molecule has 0 aromatic rings. The standard InChI is InChI=1S/C12H24O2.C2H5O.Na/c1-2-3-4-5-6-7-8-9-10-11-12(13)14;1-2-3;/h2-11H2,1H3,(H,13,14);2H2,1H3;/q;-1;+1. The Morgan fingerprint density at radius 2 is 1.22 bits per heavy atom. The zero-order valence-electron chi connectivity index (χ0n) is 12.5. The predicted octanol–water partition coefficient (Wildman–Crippen LogP) is 0.363. The van der Waals surface area contributed by atoms with Gasteiger partial charge < -0.3 is 10.2 Å². The van der Waals surface area contributed by atoms with Gasteiger partial charge in [-0.05, 0) is 6.42 Å². The molecule has 0 aromatic heterocycles. The Balaban J connectivity index is -0.000000507.